The molecule has 1 heterocycles. The predicted molar refractivity (Wildman–Crippen MR) is 161 cm³/mol. The zero-order valence-corrected chi connectivity index (χ0v) is 24.1. The van der Waals surface area contributed by atoms with E-state index in [1.807, 2.05) is 36.4 Å². The summed E-state index contributed by atoms with van der Waals surface area (Å²) in [4.78, 5) is 45.1. The molecule has 1 saturated carbocycles. The van der Waals surface area contributed by atoms with Gasteiger partial charge in [-0.3, -0.25) is 24.3 Å². The minimum Gasteiger partial charge on any atom is -0.508 e. The first-order valence-electron chi connectivity index (χ1n) is 14.2. The van der Waals surface area contributed by atoms with E-state index in [0.717, 1.165) is 22.4 Å². The van der Waals surface area contributed by atoms with Gasteiger partial charge in [-0.1, -0.05) is 30.3 Å². The van der Waals surface area contributed by atoms with Crippen molar-refractivity contribution in [1.82, 2.24) is 9.88 Å². The number of phenolic OH excluding ortho intramolecular Hbond substituents is 1. The number of carbonyl (C=O) groups excluding carboxylic acids is 3. The van der Waals surface area contributed by atoms with E-state index < -0.39 is 58.0 Å². The molecule has 2 aromatic carbocycles. The molecule has 11 nitrogen and oxygen atoms in total. The summed E-state index contributed by atoms with van der Waals surface area (Å²) >= 11 is 0. The van der Waals surface area contributed by atoms with Gasteiger partial charge in [-0.2, -0.15) is 0 Å². The third-order valence-corrected chi connectivity index (χ3v) is 9.03. The highest BCUT2D eigenvalue weighted by molar-refractivity contribution is 6.24. The summed E-state index contributed by atoms with van der Waals surface area (Å²) in [7, 11) is 3.14. The Bertz CT molecular complexity index is 1760. The van der Waals surface area contributed by atoms with Crippen LogP contribution in [-0.4, -0.2) is 73.5 Å². The minimum atomic E-state index is -2.67. The molecule has 226 valence electrons. The number of aromatic nitrogens is 1. The van der Waals surface area contributed by atoms with Gasteiger partial charge in [0.25, 0.3) is 5.91 Å². The number of aliphatic hydroxyl groups excluding tert-OH is 2. The van der Waals surface area contributed by atoms with Crippen LogP contribution in [-0.2, 0) is 27.3 Å². The molecule has 6 rings (SSSR count). The number of carbonyl (C=O) groups is 3. The second-order valence-corrected chi connectivity index (χ2v) is 11.7. The fourth-order valence-electron chi connectivity index (χ4n) is 6.99. The summed E-state index contributed by atoms with van der Waals surface area (Å²) < 4.78 is 0. The lowest BCUT2D eigenvalue weighted by molar-refractivity contribution is -0.153. The van der Waals surface area contributed by atoms with Gasteiger partial charge in [0.1, 0.15) is 22.8 Å². The number of primary amides is 1. The van der Waals surface area contributed by atoms with Gasteiger partial charge >= 0.3 is 0 Å². The van der Waals surface area contributed by atoms with Gasteiger partial charge in [-0.15, -0.1) is 0 Å². The van der Waals surface area contributed by atoms with Crippen molar-refractivity contribution in [2.75, 3.05) is 19.4 Å². The number of amides is 1. The standard InChI is InChI=1S/C33H32N4O7/c1-37(2)27-22-13-18-12-21-20(17-7-5-16(6-8-17)14-36-19-4-3-11-35-15-19)9-10-23(38)25(21)28(39)24(18)30(41)33(22,44)31(42)26(29(27)40)32(34)43/h3-11,15,18,22,27,36,38-39,42,44H,12-14H2,1-2H3,(H2,34,43)/t18-,22-,27-,33-/m1/s1. The number of hydrogen-bond donors (Lipinski definition) is 6. The van der Waals surface area contributed by atoms with Crippen LogP contribution in [0.4, 0.5) is 5.69 Å². The number of phenols is 1. The first kappa shape index (κ1) is 29.1. The van der Waals surface area contributed by atoms with E-state index in [2.05, 4.69) is 10.3 Å². The Morgan fingerprint density at radius 1 is 1.09 bits per heavy atom. The van der Waals surface area contributed by atoms with Crippen LogP contribution < -0.4 is 11.1 Å². The average molecular weight is 597 g/mol. The van der Waals surface area contributed by atoms with Crippen molar-refractivity contribution in [2.45, 2.75) is 31.0 Å². The second-order valence-electron chi connectivity index (χ2n) is 11.7. The normalized spacial score (nSPS) is 24.6. The molecule has 0 radical (unpaired) electrons. The van der Waals surface area contributed by atoms with Crippen molar-refractivity contribution < 1.29 is 34.8 Å². The summed E-state index contributed by atoms with van der Waals surface area (Å²) in [6.45, 7) is 0.575. The summed E-state index contributed by atoms with van der Waals surface area (Å²) in [6, 6.07) is 13.6. The zero-order chi connectivity index (χ0) is 31.5. The first-order valence-corrected chi connectivity index (χ1v) is 14.2. The molecule has 3 aliphatic carbocycles. The lowest BCUT2D eigenvalue weighted by Gasteiger charge is -2.50. The monoisotopic (exact) mass is 596 g/mol. The predicted octanol–water partition coefficient (Wildman–Crippen LogP) is 2.64. The number of aromatic hydroxyl groups is 1. The molecule has 1 amide bonds. The molecule has 1 fully saturated rings. The maximum Gasteiger partial charge on any atom is 0.255 e. The Morgan fingerprint density at radius 3 is 2.45 bits per heavy atom. The summed E-state index contributed by atoms with van der Waals surface area (Å²) in [5.41, 5.74) is 5.84. The number of ketones is 2. The maximum atomic E-state index is 14.0. The molecular weight excluding hydrogens is 564 g/mol. The highest BCUT2D eigenvalue weighted by Crippen LogP contribution is 2.53. The number of anilines is 1. The number of likely N-dealkylation sites (N-methyl/N-ethyl adjacent to an activating group) is 1. The van der Waals surface area contributed by atoms with Crippen LogP contribution in [0.5, 0.6) is 5.75 Å². The molecule has 0 aliphatic heterocycles. The molecule has 44 heavy (non-hydrogen) atoms. The van der Waals surface area contributed by atoms with Crippen LogP contribution in [0.15, 0.2) is 77.8 Å². The van der Waals surface area contributed by atoms with E-state index >= 15 is 0 Å². The minimum absolute atomic E-state index is 0.0276. The number of nitrogens with one attached hydrogen (secondary N) is 1. The van der Waals surface area contributed by atoms with Crippen molar-refractivity contribution in [2.24, 2.45) is 17.6 Å². The molecule has 1 aromatic heterocycles. The van der Waals surface area contributed by atoms with Gasteiger partial charge in [0, 0.05) is 30.4 Å². The van der Waals surface area contributed by atoms with Gasteiger partial charge in [0.05, 0.1) is 17.3 Å². The van der Waals surface area contributed by atoms with E-state index in [-0.39, 0.29) is 29.7 Å². The van der Waals surface area contributed by atoms with E-state index in [9.17, 15) is 34.8 Å². The number of pyridine rings is 1. The Hall–Kier alpha value is -5.00. The van der Waals surface area contributed by atoms with Crippen LogP contribution in [0.1, 0.15) is 23.1 Å². The quantitative estimate of drug-likeness (QED) is 0.231. The lowest BCUT2D eigenvalue weighted by atomic mass is 9.57. The summed E-state index contributed by atoms with van der Waals surface area (Å²) in [5, 5.41) is 48.4. The number of benzene rings is 2. The zero-order valence-electron chi connectivity index (χ0n) is 24.1. The highest BCUT2D eigenvalue weighted by Gasteiger charge is 2.64. The van der Waals surface area contributed by atoms with Crippen molar-refractivity contribution >= 4 is 28.9 Å². The molecule has 0 spiro atoms. The number of hydrogen-bond acceptors (Lipinski definition) is 10. The van der Waals surface area contributed by atoms with Gasteiger partial charge < -0.3 is 31.5 Å². The van der Waals surface area contributed by atoms with E-state index in [0.29, 0.717) is 12.1 Å². The molecule has 11 heteroatoms. The van der Waals surface area contributed by atoms with E-state index in [1.54, 1.807) is 32.6 Å². The molecule has 4 atom stereocenters. The van der Waals surface area contributed by atoms with Crippen LogP contribution in [0, 0.1) is 11.8 Å². The number of aliphatic hydroxyl groups is 3. The maximum absolute atomic E-state index is 14.0. The van der Waals surface area contributed by atoms with E-state index in [1.165, 1.54) is 11.0 Å². The molecule has 3 aromatic rings. The second kappa shape index (κ2) is 10.6. The van der Waals surface area contributed by atoms with Crippen molar-refractivity contribution in [3.63, 3.8) is 0 Å². The summed E-state index contributed by atoms with van der Waals surface area (Å²) in [6.07, 6.45) is 3.68. The molecule has 0 unspecified atom stereocenters. The average Bonchev–Trinajstić information content (AvgIpc) is 2.98. The van der Waals surface area contributed by atoms with Gasteiger partial charge in [0.2, 0.25) is 5.78 Å². The molecule has 3 aliphatic rings. The number of nitrogens with two attached hydrogens (primary N) is 1. The van der Waals surface area contributed by atoms with Gasteiger partial charge in [-0.05, 0) is 73.3 Å². The lowest BCUT2D eigenvalue weighted by Crippen LogP contribution is -2.65. The Kier molecular flexibility index (Phi) is 7.02. The summed E-state index contributed by atoms with van der Waals surface area (Å²) in [5.74, 6) is -6.75. The van der Waals surface area contributed by atoms with Crippen LogP contribution in [0.2, 0.25) is 0 Å². The Morgan fingerprint density at radius 2 is 1.82 bits per heavy atom. The van der Waals surface area contributed by atoms with Crippen LogP contribution in [0.3, 0.4) is 0 Å². The largest absolute Gasteiger partial charge is 0.508 e. The SMILES string of the molecule is CN(C)[C@H]1C(=O)C(C(N)=O)=C(O)[C@]2(O)C(=O)C3=C(O)c4c(O)ccc(-c5ccc(CNc6cccnc6)cc5)c4C[C@@H]3C[C@H]12. The third-order valence-electron chi connectivity index (χ3n) is 9.03. The van der Waals surface area contributed by atoms with Crippen LogP contribution >= 0.6 is 0 Å². The van der Waals surface area contributed by atoms with Gasteiger partial charge in [0.15, 0.2) is 11.4 Å². The van der Waals surface area contributed by atoms with Crippen molar-refractivity contribution in [3.05, 3.63) is 94.5 Å². The van der Waals surface area contributed by atoms with Crippen molar-refractivity contribution in [1.29, 1.82) is 0 Å². The van der Waals surface area contributed by atoms with Crippen molar-refractivity contribution in [3.8, 4) is 16.9 Å². The van der Waals surface area contributed by atoms with Crippen LogP contribution in [0.25, 0.3) is 16.9 Å². The number of rotatable bonds is 6. The molecule has 0 saturated heterocycles. The number of nitrogens with zero attached hydrogens (tertiary/aromatic N) is 2. The molecular formula is C33H32N4O7. The molecule has 7 N–H and O–H groups in total. The fourth-order valence-corrected chi connectivity index (χ4v) is 6.99. The Balaban J connectivity index is 1.41. The third kappa shape index (κ3) is 4.35. The van der Waals surface area contributed by atoms with E-state index in [4.69, 9.17) is 5.73 Å². The topological polar surface area (TPSA) is 186 Å². The fraction of sp³-hybridized carbons (Fsp3) is 0.273. The number of fused-ring (bicyclic) bond motifs is 3. The Labute approximate surface area is 253 Å². The molecule has 0 bridgehead atoms. The first-order chi connectivity index (χ1) is 20.9. The highest BCUT2D eigenvalue weighted by atomic mass is 16.3. The smallest absolute Gasteiger partial charge is 0.255 e. The number of Topliss-reactive ketones (excluding diaryl/α,β-unsaturated/α-hetero) is 2. The van der Waals surface area contributed by atoms with Gasteiger partial charge in [-0.25, -0.2) is 0 Å².